The van der Waals surface area contributed by atoms with Gasteiger partial charge in [0, 0.05) is 4.57 Å². The molecule has 0 heterocycles. The summed E-state index contributed by atoms with van der Waals surface area (Å²) in [5.41, 5.74) is 0. The monoisotopic (exact) mass is 305 g/mol. The lowest BCUT2D eigenvalue weighted by Crippen LogP contribution is -2.13. The van der Waals surface area contributed by atoms with E-state index in [9.17, 15) is 4.57 Å². The van der Waals surface area contributed by atoms with Crippen LogP contribution < -0.4 is 0 Å². The summed E-state index contributed by atoms with van der Waals surface area (Å²) in [5.74, 6) is 1.31. The van der Waals surface area contributed by atoms with Crippen molar-refractivity contribution in [3.63, 3.8) is 0 Å². The van der Waals surface area contributed by atoms with Gasteiger partial charge in [0.2, 0.25) is 0 Å². The van der Waals surface area contributed by atoms with Crippen molar-refractivity contribution in [1.82, 2.24) is 0 Å². The summed E-state index contributed by atoms with van der Waals surface area (Å²) < 4.78 is 23.1. The van der Waals surface area contributed by atoms with Gasteiger partial charge >= 0.3 is 8.25 Å². The molecule has 0 fully saturated rings. The van der Waals surface area contributed by atoms with Crippen LogP contribution in [0.1, 0.15) is 80.1 Å². The highest BCUT2D eigenvalue weighted by Gasteiger charge is 2.30. The lowest BCUT2D eigenvalue weighted by atomic mass is 10.0. The van der Waals surface area contributed by atoms with E-state index in [2.05, 4.69) is 41.5 Å². The Labute approximate surface area is 126 Å². The molecular weight excluding hydrogens is 271 g/mol. The first kappa shape index (κ1) is 20.0. The largest absolute Gasteiger partial charge is 0.697 e. The van der Waals surface area contributed by atoms with Gasteiger partial charge in [0.1, 0.15) is 12.2 Å². The first-order valence-corrected chi connectivity index (χ1v) is 9.29. The molecule has 0 radical (unpaired) electrons. The summed E-state index contributed by atoms with van der Waals surface area (Å²) in [6.07, 6.45) is 6.02. The minimum Gasteiger partial charge on any atom is -0.116 e. The smallest absolute Gasteiger partial charge is 0.116 e. The Morgan fingerprint density at radius 1 is 0.750 bits per heavy atom. The number of hydrogen-bond acceptors (Lipinski definition) is 3. The zero-order valence-electron chi connectivity index (χ0n) is 14.2. The molecule has 4 heteroatoms. The molecule has 3 atom stereocenters. The molecule has 0 saturated carbocycles. The first-order chi connectivity index (χ1) is 9.38. The molecule has 120 valence electrons. The Morgan fingerprint density at radius 3 is 1.35 bits per heavy atom. The predicted octanol–water partition coefficient (Wildman–Crippen LogP) is 6.11. The first-order valence-electron chi connectivity index (χ1n) is 8.19. The lowest BCUT2D eigenvalue weighted by Gasteiger charge is -2.12. The van der Waals surface area contributed by atoms with Gasteiger partial charge in [-0.2, -0.15) is 0 Å². The van der Waals surface area contributed by atoms with Crippen molar-refractivity contribution in [3.05, 3.63) is 0 Å². The number of hydrogen-bond donors (Lipinski definition) is 0. The van der Waals surface area contributed by atoms with Crippen molar-refractivity contribution in [2.45, 2.75) is 92.3 Å². The van der Waals surface area contributed by atoms with Gasteiger partial charge in [0.15, 0.2) is 0 Å². The van der Waals surface area contributed by atoms with Gasteiger partial charge in [-0.15, -0.1) is 9.05 Å². The average Bonchev–Trinajstić information content (AvgIpc) is 2.38. The number of rotatable bonds is 12. The molecule has 0 aliphatic carbocycles. The van der Waals surface area contributed by atoms with Crippen molar-refractivity contribution in [1.29, 1.82) is 0 Å². The molecule has 0 aliphatic heterocycles. The summed E-state index contributed by atoms with van der Waals surface area (Å²) >= 11 is 0. The quantitative estimate of drug-likeness (QED) is 0.408. The van der Waals surface area contributed by atoms with Crippen LogP contribution in [0, 0.1) is 11.8 Å². The molecule has 1 unspecified atom stereocenters. The van der Waals surface area contributed by atoms with E-state index in [1.54, 1.807) is 0 Å². The standard InChI is InChI=1S/C16H34O3P/c1-7-15(11-9-13(3)4)18-20(17)19-16(8-2)12-10-14(5)6/h13-16H,7-12H2,1-6H3/q+1/t15-,16+. The topological polar surface area (TPSA) is 35.5 Å². The van der Waals surface area contributed by atoms with Crippen LogP contribution in [-0.4, -0.2) is 12.2 Å². The highest BCUT2D eigenvalue weighted by Crippen LogP contribution is 2.33. The van der Waals surface area contributed by atoms with Gasteiger partial charge in [-0.3, -0.25) is 0 Å². The van der Waals surface area contributed by atoms with Crippen LogP contribution in [0.25, 0.3) is 0 Å². The summed E-state index contributed by atoms with van der Waals surface area (Å²) in [7, 11) is -1.98. The second kappa shape index (κ2) is 11.7. The van der Waals surface area contributed by atoms with Crippen LogP contribution in [0.2, 0.25) is 0 Å². The van der Waals surface area contributed by atoms with Crippen molar-refractivity contribution < 1.29 is 13.6 Å². The minimum absolute atomic E-state index is 0.0589. The molecule has 0 aromatic heterocycles. The minimum atomic E-state index is -1.98. The molecule has 3 nitrogen and oxygen atoms in total. The van der Waals surface area contributed by atoms with E-state index < -0.39 is 8.25 Å². The van der Waals surface area contributed by atoms with Gasteiger partial charge in [0.25, 0.3) is 0 Å². The molecule has 0 bridgehead atoms. The van der Waals surface area contributed by atoms with E-state index in [0.717, 1.165) is 38.5 Å². The molecule has 0 saturated heterocycles. The Balaban J connectivity index is 4.08. The third-order valence-electron chi connectivity index (χ3n) is 3.51. The summed E-state index contributed by atoms with van der Waals surface area (Å²) in [6, 6.07) is 0. The van der Waals surface area contributed by atoms with E-state index in [1.165, 1.54) is 0 Å². The predicted molar refractivity (Wildman–Crippen MR) is 86.1 cm³/mol. The fourth-order valence-electron chi connectivity index (χ4n) is 1.97. The highest BCUT2D eigenvalue weighted by molar-refractivity contribution is 7.33. The lowest BCUT2D eigenvalue weighted by molar-refractivity contribution is 0.111. The van der Waals surface area contributed by atoms with Crippen LogP contribution in [0.3, 0.4) is 0 Å². The molecular formula is C16H34O3P+. The molecule has 0 amide bonds. The van der Waals surface area contributed by atoms with E-state index in [1.807, 2.05) is 0 Å². The summed E-state index contributed by atoms with van der Waals surface area (Å²) in [5, 5.41) is 0. The van der Waals surface area contributed by atoms with Crippen molar-refractivity contribution in [3.8, 4) is 0 Å². The van der Waals surface area contributed by atoms with E-state index >= 15 is 0 Å². The SMILES string of the molecule is CC[C@H](CCC(C)C)O[P+](=O)O[C@@H](CC)CCC(C)C. The summed E-state index contributed by atoms with van der Waals surface area (Å²) in [6.45, 7) is 12.9. The highest BCUT2D eigenvalue weighted by atomic mass is 31.1. The summed E-state index contributed by atoms with van der Waals surface area (Å²) in [4.78, 5) is 0. The average molecular weight is 305 g/mol. The Bertz CT molecular complexity index is 230. The van der Waals surface area contributed by atoms with Gasteiger partial charge < -0.3 is 0 Å². The molecule has 0 N–H and O–H groups in total. The third-order valence-corrected chi connectivity index (χ3v) is 4.45. The van der Waals surface area contributed by atoms with Crippen LogP contribution in [-0.2, 0) is 13.6 Å². The molecule has 0 aromatic carbocycles. The molecule has 0 rings (SSSR count). The fraction of sp³-hybridized carbons (Fsp3) is 1.00. The van der Waals surface area contributed by atoms with Crippen LogP contribution in [0.15, 0.2) is 0 Å². The maximum atomic E-state index is 12.0. The Morgan fingerprint density at radius 2 is 1.10 bits per heavy atom. The van der Waals surface area contributed by atoms with Crippen LogP contribution in [0.4, 0.5) is 0 Å². The van der Waals surface area contributed by atoms with Crippen LogP contribution >= 0.6 is 8.25 Å². The van der Waals surface area contributed by atoms with E-state index in [0.29, 0.717) is 11.8 Å². The van der Waals surface area contributed by atoms with E-state index in [-0.39, 0.29) is 12.2 Å². The van der Waals surface area contributed by atoms with Crippen molar-refractivity contribution >= 4 is 8.25 Å². The van der Waals surface area contributed by atoms with Gasteiger partial charge in [-0.25, -0.2) is 0 Å². The van der Waals surface area contributed by atoms with Crippen LogP contribution in [0.5, 0.6) is 0 Å². The fourth-order valence-corrected chi connectivity index (χ4v) is 3.01. The maximum Gasteiger partial charge on any atom is 0.697 e. The third kappa shape index (κ3) is 10.8. The van der Waals surface area contributed by atoms with Gasteiger partial charge in [-0.05, 0) is 50.4 Å². The zero-order chi connectivity index (χ0) is 15.5. The zero-order valence-corrected chi connectivity index (χ0v) is 15.1. The van der Waals surface area contributed by atoms with Crippen molar-refractivity contribution in [2.75, 3.05) is 0 Å². The van der Waals surface area contributed by atoms with Crippen molar-refractivity contribution in [2.24, 2.45) is 11.8 Å². The van der Waals surface area contributed by atoms with Gasteiger partial charge in [0.05, 0.1) is 0 Å². The normalized spacial score (nSPS) is 15.7. The van der Waals surface area contributed by atoms with Gasteiger partial charge in [-0.1, -0.05) is 41.5 Å². The second-order valence-corrected chi connectivity index (χ2v) is 7.31. The Hall–Kier alpha value is 0.0200. The Kier molecular flexibility index (Phi) is 11.7. The molecule has 0 spiro atoms. The molecule has 0 aromatic rings. The maximum absolute atomic E-state index is 12.0. The molecule has 20 heavy (non-hydrogen) atoms. The second-order valence-electron chi connectivity index (χ2n) is 6.44. The van der Waals surface area contributed by atoms with E-state index in [4.69, 9.17) is 9.05 Å². The molecule has 0 aliphatic rings.